The largest absolute Gasteiger partial charge is 0.416 e. The summed E-state index contributed by atoms with van der Waals surface area (Å²) in [7, 11) is 0. The summed E-state index contributed by atoms with van der Waals surface area (Å²) in [6.45, 7) is 0.590. The Bertz CT molecular complexity index is 901. The zero-order valence-electron chi connectivity index (χ0n) is 13.7. The Morgan fingerprint density at radius 3 is 1.96 bits per heavy atom. The standard InChI is InChI=1S/C18H14F3N3O2/c1-11-2-4-13(5-3-11)16-23-24-17(26-16)14-8-6-12(7-9-14)15(25)22-10-18(19,20)21/h2-9H,10H2,1H3,(H,22,25). The molecule has 0 atom stereocenters. The molecule has 0 spiro atoms. The monoisotopic (exact) mass is 361 g/mol. The van der Waals surface area contributed by atoms with Crippen LogP contribution < -0.4 is 5.32 Å². The van der Waals surface area contributed by atoms with E-state index < -0.39 is 18.6 Å². The highest BCUT2D eigenvalue weighted by atomic mass is 19.4. The van der Waals surface area contributed by atoms with Crippen LogP contribution in [0.25, 0.3) is 22.9 Å². The van der Waals surface area contributed by atoms with Crippen LogP contribution in [0.15, 0.2) is 52.9 Å². The summed E-state index contributed by atoms with van der Waals surface area (Å²) in [6.07, 6.45) is -4.45. The van der Waals surface area contributed by atoms with Gasteiger partial charge in [0.05, 0.1) is 0 Å². The summed E-state index contributed by atoms with van der Waals surface area (Å²) in [5.74, 6) is -0.199. The number of nitrogens with one attached hydrogen (secondary N) is 1. The molecule has 3 aromatic rings. The van der Waals surface area contributed by atoms with Gasteiger partial charge in [-0.05, 0) is 43.3 Å². The molecular weight excluding hydrogens is 347 g/mol. The molecule has 2 aromatic carbocycles. The summed E-state index contributed by atoms with van der Waals surface area (Å²) in [6, 6.07) is 13.4. The van der Waals surface area contributed by atoms with E-state index in [1.54, 1.807) is 0 Å². The number of rotatable bonds is 4. The fourth-order valence-corrected chi connectivity index (χ4v) is 2.20. The Labute approximate surface area is 146 Å². The molecule has 1 aromatic heterocycles. The molecule has 0 saturated heterocycles. The second kappa shape index (κ2) is 6.99. The lowest BCUT2D eigenvalue weighted by Crippen LogP contribution is -2.33. The highest BCUT2D eigenvalue weighted by molar-refractivity contribution is 5.94. The average molecular weight is 361 g/mol. The predicted octanol–water partition coefficient (Wildman–Crippen LogP) is 4.00. The number of halogens is 3. The molecule has 134 valence electrons. The molecule has 1 N–H and O–H groups in total. The Morgan fingerprint density at radius 1 is 0.962 bits per heavy atom. The predicted molar refractivity (Wildman–Crippen MR) is 88.3 cm³/mol. The molecule has 0 aliphatic heterocycles. The van der Waals surface area contributed by atoms with E-state index in [1.807, 2.05) is 36.5 Å². The summed E-state index contributed by atoms with van der Waals surface area (Å²) < 4.78 is 42.0. The first kappa shape index (κ1) is 17.7. The Kier molecular flexibility index (Phi) is 4.75. The third kappa shape index (κ3) is 4.27. The van der Waals surface area contributed by atoms with Crippen molar-refractivity contribution in [1.82, 2.24) is 15.5 Å². The van der Waals surface area contributed by atoms with E-state index in [1.165, 1.54) is 24.3 Å². The van der Waals surface area contributed by atoms with Crippen LogP contribution in [0, 0.1) is 6.92 Å². The number of aryl methyl sites for hydroxylation is 1. The number of benzene rings is 2. The molecule has 3 rings (SSSR count). The molecule has 0 unspecified atom stereocenters. The van der Waals surface area contributed by atoms with Crippen LogP contribution in [0.2, 0.25) is 0 Å². The van der Waals surface area contributed by atoms with Crippen LogP contribution >= 0.6 is 0 Å². The molecule has 0 fully saturated rings. The first-order chi connectivity index (χ1) is 12.3. The van der Waals surface area contributed by atoms with Crippen LogP contribution in [0.3, 0.4) is 0 Å². The molecular formula is C18H14F3N3O2. The maximum Gasteiger partial charge on any atom is 0.405 e. The molecule has 26 heavy (non-hydrogen) atoms. The van der Waals surface area contributed by atoms with Crippen LogP contribution in [0.1, 0.15) is 15.9 Å². The van der Waals surface area contributed by atoms with E-state index in [-0.39, 0.29) is 11.5 Å². The van der Waals surface area contributed by atoms with Crippen LogP contribution in [-0.4, -0.2) is 28.8 Å². The number of carbonyl (C=O) groups is 1. The summed E-state index contributed by atoms with van der Waals surface area (Å²) in [5, 5.41) is 9.76. The molecule has 8 heteroatoms. The Balaban J connectivity index is 1.73. The second-order valence-electron chi connectivity index (χ2n) is 5.65. The number of amides is 1. The number of carbonyl (C=O) groups excluding carboxylic acids is 1. The molecule has 0 saturated carbocycles. The first-order valence-electron chi connectivity index (χ1n) is 7.68. The molecule has 0 bridgehead atoms. The maximum atomic E-state index is 12.1. The van der Waals surface area contributed by atoms with Crippen molar-refractivity contribution in [2.45, 2.75) is 13.1 Å². The lowest BCUT2D eigenvalue weighted by Gasteiger charge is -2.08. The van der Waals surface area contributed by atoms with Gasteiger partial charge in [-0.1, -0.05) is 17.7 Å². The number of hydrogen-bond donors (Lipinski definition) is 1. The highest BCUT2D eigenvalue weighted by Crippen LogP contribution is 2.24. The van der Waals surface area contributed by atoms with E-state index in [0.29, 0.717) is 11.5 Å². The Hall–Kier alpha value is -3.16. The van der Waals surface area contributed by atoms with Gasteiger partial charge in [-0.25, -0.2) is 0 Å². The van der Waals surface area contributed by atoms with Gasteiger partial charge in [0.2, 0.25) is 11.8 Å². The smallest absolute Gasteiger partial charge is 0.405 e. The minimum absolute atomic E-state index is 0.108. The topological polar surface area (TPSA) is 68.0 Å². The van der Waals surface area contributed by atoms with Gasteiger partial charge in [0, 0.05) is 16.7 Å². The summed E-state index contributed by atoms with van der Waals surface area (Å²) in [5.41, 5.74) is 2.55. The van der Waals surface area contributed by atoms with Gasteiger partial charge >= 0.3 is 6.18 Å². The van der Waals surface area contributed by atoms with Crippen LogP contribution in [-0.2, 0) is 0 Å². The van der Waals surface area contributed by atoms with Crippen molar-refractivity contribution >= 4 is 5.91 Å². The zero-order valence-corrected chi connectivity index (χ0v) is 13.7. The molecule has 0 radical (unpaired) electrons. The number of nitrogens with zero attached hydrogens (tertiary/aromatic N) is 2. The second-order valence-corrected chi connectivity index (χ2v) is 5.65. The molecule has 0 aliphatic rings. The molecule has 1 heterocycles. The van der Waals surface area contributed by atoms with Gasteiger partial charge in [0.1, 0.15) is 6.54 Å². The summed E-state index contributed by atoms with van der Waals surface area (Å²) in [4.78, 5) is 11.7. The van der Waals surface area contributed by atoms with Crippen molar-refractivity contribution in [2.24, 2.45) is 0 Å². The van der Waals surface area contributed by atoms with Gasteiger partial charge in [-0.3, -0.25) is 4.79 Å². The van der Waals surface area contributed by atoms with Crippen molar-refractivity contribution in [3.05, 3.63) is 59.7 Å². The fraction of sp³-hybridized carbons (Fsp3) is 0.167. The molecule has 5 nitrogen and oxygen atoms in total. The highest BCUT2D eigenvalue weighted by Gasteiger charge is 2.27. The molecule has 0 aliphatic carbocycles. The van der Waals surface area contributed by atoms with Crippen LogP contribution in [0.5, 0.6) is 0 Å². The van der Waals surface area contributed by atoms with Crippen molar-refractivity contribution < 1.29 is 22.4 Å². The fourth-order valence-electron chi connectivity index (χ4n) is 2.20. The van der Waals surface area contributed by atoms with Gasteiger partial charge in [-0.15, -0.1) is 10.2 Å². The van der Waals surface area contributed by atoms with Crippen LogP contribution in [0.4, 0.5) is 13.2 Å². The molecule has 1 amide bonds. The summed E-state index contributed by atoms with van der Waals surface area (Å²) >= 11 is 0. The quantitative estimate of drug-likeness (QED) is 0.763. The average Bonchev–Trinajstić information content (AvgIpc) is 3.10. The van der Waals surface area contributed by atoms with E-state index in [4.69, 9.17) is 4.42 Å². The third-order valence-corrected chi connectivity index (χ3v) is 3.57. The van der Waals surface area contributed by atoms with Crippen molar-refractivity contribution in [2.75, 3.05) is 6.54 Å². The number of alkyl halides is 3. The minimum atomic E-state index is -4.45. The Morgan fingerprint density at radius 2 is 1.46 bits per heavy atom. The third-order valence-electron chi connectivity index (χ3n) is 3.57. The normalized spacial score (nSPS) is 11.4. The SMILES string of the molecule is Cc1ccc(-c2nnc(-c3ccc(C(=O)NCC(F)(F)F)cc3)o2)cc1. The number of hydrogen-bond acceptors (Lipinski definition) is 4. The van der Waals surface area contributed by atoms with E-state index in [0.717, 1.165) is 11.1 Å². The van der Waals surface area contributed by atoms with E-state index in [2.05, 4.69) is 10.2 Å². The minimum Gasteiger partial charge on any atom is -0.416 e. The van der Waals surface area contributed by atoms with Gasteiger partial charge in [0.25, 0.3) is 5.91 Å². The zero-order chi connectivity index (χ0) is 18.7. The van der Waals surface area contributed by atoms with Gasteiger partial charge < -0.3 is 9.73 Å². The van der Waals surface area contributed by atoms with Crippen molar-refractivity contribution in [3.8, 4) is 22.9 Å². The van der Waals surface area contributed by atoms with Gasteiger partial charge in [-0.2, -0.15) is 13.2 Å². The van der Waals surface area contributed by atoms with E-state index >= 15 is 0 Å². The number of aromatic nitrogens is 2. The first-order valence-corrected chi connectivity index (χ1v) is 7.68. The van der Waals surface area contributed by atoms with Gasteiger partial charge in [0.15, 0.2) is 0 Å². The van der Waals surface area contributed by atoms with Crippen molar-refractivity contribution in [3.63, 3.8) is 0 Å². The lowest BCUT2D eigenvalue weighted by molar-refractivity contribution is -0.123. The maximum absolute atomic E-state index is 12.1. The van der Waals surface area contributed by atoms with Crippen molar-refractivity contribution in [1.29, 1.82) is 0 Å². The lowest BCUT2D eigenvalue weighted by atomic mass is 10.1. The van der Waals surface area contributed by atoms with E-state index in [9.17, 15) is 18.0 Å².